The lowest BCUT2D eigenvalue weighted by atomic mass is 10.1. The molecular weight excluding hydrogens is 391 g/mol. The summed E-state index contributed by atoms with van der Waals surface area (Å²) in [5.41, 5.74) is 1.42. The number of benzene rings is 2. The van der Waals surface area contributed by atoms with E-state index in [9.17, 15) is 18.0 Å². The number of nitrogens with zero attached hydrogens (tertiary/aromatic N) is 2. The fraction of sp³-hybridized carbons (Fsp3) is 0.211. The number of nitrogens with one attached hydrogen (secondary N) is 1. The van der Waals surface area contributed by atoms with E-state index in [-0.39, 0.29) is 16.7 Å². The molecule has 1 heterocycles. The molecule has 1 aromatic heterocycles. The van der Waals surface area contributed by atoms with Crippen LogP contribution in [0.5, 0.6) is 0 Å². The monoisotopic (exact) mass is 407 g/mol. The number of thioether (sulfide) groups is 1. The number of hydrogen-bond donors (Lipinski definition) is 1. The topological polar surface area (TPSA) is 68.0 Å². The number of rotatable bonds is 6. The van der Waals surface area contributed by atoms with Gasteiger partial charge in [0.25, 0.3) is 5.22 Å². The fourth-order valence-electron chi connectivity index (χ4n) is 2.35. The van der Waals surface area contributed by atoms with Crippen molar-refractivity contribution in [1.29, 1.82) is 0 Å². The number of carbonyl (C=O) groups excluding carboxylic acids is 1. The summed E-state index contributed by atoms with van der Waals surface area (Å²) in [5.74, 6) is -0.116. The van der Waals surface area contributed by atoms with Gasteiger partial charge in [-0.2, -0.15) is 13.2 Å². The van der Waals surface area contributed by atoms with Crippen molar-refractivity contribution in [2.75, 3.05) is 11.1 Å². The zero-order valence-electron chi connectivity index (χ0n) is 14.8. The molecule has 0 saturated carbocycles. The molecular formula is C19H16F3N3O2S. The maximum atomic E-state index is 12.7. The van der Waals surface area contributed by atoms with Crippen LogP contribution in [0.25, 0.3) is 0 Å². The number of amides is 1. The molecule has 146 valence electrons. The maximum Gasteiger partial charge on any atom is 0.416 e. The van der Waals surface area contributed by atoms with Crippen LogP contribution in [0.1, 0.15) is 22.6 Å². The third kappa shape index (κ3) is 5.59. The van der Waals surface area contributed by atoms with Gasteiger partial charge >= 0.3 is 6.18 Å². The first-order valence-corrected chi connectivity index (χ1v) is 9.26. The molecule has 3 rings (SSSR count). The summed E-state index contributed by atoms with van der Waals surface area (Å²) >= 11 is 1.02. The second kappa shape index (κ2) is 8.47. The molecule has 0 spiro atoms. The highest BCUT2D eigenvalue weighted by atomic mass is 32.2. The summed E-state index contributed by atoms with van der Waals surface area (Å²) in [6.07, 6.45) is -3.99. The van der Waals surface area contributed by atoms with Crippen LogP contribution >= 0.6 is 11.8 Å². The molecule has 0 unspecified atom stereocenters. The Morgan fingerprint density at radius 1 is 1.14 bits per heavy atom. The van der Waals surface area contributed by atoms with E-state index >= 15 is 0 Å². The van der Waals surface area contributed by atoms with Gasteiger partial charge in [-0.25, -0.2) is 0 Å². The number of halogens is 3. The zero-order valence-corrected chi connectivity index (χ0v) is 15.6. The largest absolute Gasteiger partial charge is 0.416 e. The number of alkyl halides is 3. The summed E-state index contributed by atoms with van der Waals surface area (Å²) in [7, 11) is 0. The van der Waals surface area contributed by atoms with Gasteiger partial charge in [-0.3, -0.25) is 4.79 Å². The Labute approximate surface area is 163 Å². The molecule has 9 heteroatoms. The first-order valence-electron chi connectivity index (χ1n) is 8.27. The van der Waals surface area contributed by atoms with Crippen LogP contribution in [0.2, 0.25) is 0 Å². The first kappa shape index (κ1) is 19.9. The highest BCUT2D eigenvalue weighted by Crippen LogP contribution is 2.30. The minimum atomic E-state index is -4.47. The standard InChI is InChI=1S/C19H16F3N3O2S/c1-12-5-7-13(8-6-12)9-17-24-25-18(27-17)28-11-16(26)23-15-4-2-3-14(10-15)19(20,21)22/h2-8,10H,9,11H2,1H3,(H,23,26). The third-order valence-corrected chi connectivity index (χ3v) is 4.54. The Bertz CT molecular complexity index is 956. The lowest BCUT2D eigenvalue weighted by Crippen LogP contribution is -2.15. The van der Waals surface area contributed by atoms with Gasteiger partial charge in [0.05, 0.1) is 17.7 Å². The predicted molar refractivity (Wildman–Crippen MR) is 99.1 cm³/mol. The minimum Gasteiger partial charge on any atom is -0.416 e. The van der Waals surface area contributed by atoms with Crippen LogP contribution in [0, 0.1) is 6.92 Å². The van der Waals surface area contributed by atoms with Crippen molar-refractivity contribution in [3.05, 3.63) is 71.1 Å². The molecule has 0 aliphatic carbocycles. The molecule has 0 bridgehead atoms. The van der Waals surface area contributed by atoms with Gasteiger partial charge in [0.15, 0.2) is 0 Å². The first-order chi connectivity index (χ1) is 13.3. The van der Waals surface area contributed by atoms with Gasteiger partial charge < -0.3 is 9.73 Å². The van der Waals surface area contributed by atoms with Gasteiger partial charge in [0.2, 0.25) is 11.8 Å². The van der Waals surface area contributed by atoms with E-state index in [2.05, 4.69) is 15.5 Å². The Balaban J connectivity index is 1.52. The smallest absolute Gasteiger partial charge is 0.416 e. The van der Waals surface area contributed by atoms with Crippen molar-refractivity contribution >= 4 is 23.4 Å². The Morgan fingerprint density at radius 3 is 2.61 bits per heavy atom. The minimum absolute atomic E-state index is 0.0671. The van der Waals surface area contributed by atoms with E-state index in [1.54, 1.807) is 0 Å². The predicted octanol–water partition coefficient (Wildman–Crippen LogP) is 4.72. The van der Waals surface area contributed by atoms with E-state index in [1.807, 2.05) is 31.2 Å². The number of anilines is 1. The lowest BCUT2D eigenvalue weighted by Gasteiger charge is -2.09. The molecule has 1 amide bonds. The molecule has 0 aliphatic heterocycles. The van der Waals surface area contributed by atoms with Gasteiger partial charge in [-0.15, -0.1) is 10.2 Å². The van der Waals surface area contributed by atoms with Crippen LogP contribution in [-0.2, 0) is 17.4 Å². The normalized spacial score (nSPS) is 11.4. The molecule has 1 N–H and O–H groups in total. The maximum absolute atomic E-state index is 12.7. The highest BCUT2D eigenvalue weighted by Gasteiger charge is 2.30. The van der Waals surface area contributed by atoms with Crippen molar-refractivity contribution in [3.63, 3.8) is 0 Å². The molecule has 0 atom stereocenters. The molecule has 3 aromatic rings. The summed E-state index contributed by atoms with van der Waals surface area (Å²) in [4.78, 5) is 12.0. The van der Waals surface area contributed by atoms with Gasteiger partial charge in [-0.1, -0.05) is 47.7 Å². The van der Waals surface area contributed by atoms with Crippen LogP contribution in [0.15, 0.2) is 58.2 Å². The quantitative estimate of drug-likeness (QED) is 0.599. The SMILES string of the molecule is Cc1ccc(Cc2nnc(SCC(=O)Nc3cccc(C(F)(F)F)c3)o2)cc1. The van der Waals surface area contributed by atoms with Gasteiger partial charge in [0.1, 0.15) is 0 Å². The summed E-state index contributed by atoms with van der Waals surface area (Å²) in [6, 6.07) is 12.4. The van der Waals surface area contributed by atoms with Crippen molar-refractivity contribution < 1.29 is 22.4 Å². The Morgan fingerprint density at radius 2 is 1.89 bits per heavy atom. The average molecular weight is 407 g/mol. The molecule has 2 aromatic carbocycles. The molecule has 0 radical (unpaired) electrons. The average Bonchev–Trinajstić information content (AvgIpc) is 3.09. The van der Waals surface area contributed by atoms with Crippen molar-refractivity contribution in [2.24, 2.45) is 0 Å². The van der Waals surface area contributed by atoms with Crippen molar-refractivity contribution in [1.82, 2.24) is 10.2 Å². The Kier molecular flexibility index (Phi) is 6.03. The second-order valence-electron chi connectivity index (χ2n) is 6.04. The Hall–Kier alpha value is -2.81. The summed E-state index contributed by atoms with van der Waals surface area (Å²) in [6.45, 7) is 2.00. The van der Waals surface area contributed by atoms with E-state index in [1.165, 1.54) is 12.1 Å². The molecule has 0 fully saturated rings. The third-order valence-electron chi connectivity index (χ3n) is 3.72. The van der Waals surface area contributed by atoms with Crippen LogP contribution in [-0.4, -0.2) is 21.9 Å². The highest BCUT2D eigenvalue weighted by molar-refractivity contribution is 7.99. The fourth-order valence-corrected chi connectivity index (χ4v) is 2.93. The number of aromatic nitrogens is 2. The molecule has 0 saturated heterocycles. The van der Waals surface area contributed by atoms with Gasteiger partial charge in [0, 0.05) is 5.69 Å². The van der Waals surface area contributed by atoms with Crippen LogP contribution in [0.3, 0.4) is 0 Å². The molecule has 28 heavy (non-hydrogen) atoms. The zero-order chi connectivity index (χ0) is 20.1. The van der Waals surface area contributed by atoms with E-state index < -0.39 is 17.6 Å². The van der Waals surface area contributed by atoms with E-state index in [0.717, 1.165) is 35.0 Å². The van der Waals surface area contributed by atoms with Crippen molar-refractivity contribution in [2.45, 2.75) is 24.7 Å². The number of carbonyl (C=O) groups is 1. The van der Waals surface area contributed by atoms with Crippen LogP contribution in [0.4, 0.5) is 18.9 Å². The second-order valence-corrected chi connectivity index (χ2v) is 6.97. The lowest BCUT2D eigenvalue weighted by molar-refractivity contribution is -0.137. The van der Waals surface area contributed by atoms with E-state index in [0.29, 0.717) is 12.3 Å². The summed E-state index contributed by atoms with van der Waals surface area (Å²) in [5, 5.41) is 10.5. The van der Waals surface area contributed by atoms with Crippen molar-refractivity contribution in [3.8, 4) is 0 Å². The summed E-state index contributed by atoms with van der Waals surface area (Å²) < 4.78 is 43.6. The van der Waals surface area contributed by atoms with E-state index in [4.69, 9.17) is 4.42 Å². The van der Waals surface area contributed by atoms with Gasteiger partial charge in [-0.05, 0) is 30.7 Å². The number of aryl methyl sites for hydroxylation is 1. The molecule has 5 nitrogen and oxygen atoms in total. The van der Waals surface area contributed by atoms with Crippen LogP contribution < -0.4 is 5.32 Å². The number of hydrogen-bond acceptors (Lipinski definition) is 5. The molecule has 0 aliphatic rings.